The van der Waals surface area contributed by atoms with E-state index in [4.69, 9.17) is 18.9 Å². The predicted molar refractivity (Wildman–Crippen MR) is 173 cm³/mol. The second-order valence-corrected chi connectivity index (χ2v) is 12.2. The van der Waals surface area contributed by atoms with Crippen LogP contribution in [0.5, 0.6) is 17.2 Å². The lowest BCUT2D eigenvalue weighted by Crippen LogP contribution is -2.40. The van der Waals surface area contributed by atoms with Gasteiger partial charge in [0.15, 0.2) is 16.3 Å². The molecule has 2 heterocycles. The number of allylic oxidation sites excluding steroid dienone is 1. The standard InChI is InChI=1S/C32H28Br2N2O6S/c1-5-41-31(38)27-18(2)35-32-36(28(27)21-11-12-24(39-3)25(16-21)40-4)30(37)26(43-32)15-20-13-22(33)29(23(34)14-20)42-17-19-9-7-6-8-10-19/h6-16,28H,5,17H2,1-4H3. The Kier molecular flexibility index (Phi) is 9.53. The van der Waals surface area contributed by atoms with Crippen molar-refractivity contribution < 1.29 is 23.7 Å². The Hall–Kier alpha value is -3.67. The monoisotopic (exact) mass is 726 g/mol. The summed E-state index contributed by atoms with van der Waals surface area (Å²) in [6.07, 6.45) is 1.80. The average Bonchev–Trinajstić information content (AvgIpc) is 3.29. The number of rotatable bonds is 9. The van der Waals surface area contributed by atoms with Crippen molar-refractivity contribution in [2.75, 3.05) is 20.8 Å². The fraction of sp³-hybridized carbons (Fsp3) is 0.219. The number of carbonyl (C=O) groups excluding carboxylic acids is 1. The van der Waals surface area contributed by atoms with Gasteiger partial charge in [0.05, 0.1) is 51.6 Å². The van der Waals surface area contributed by atoms with E-state index in [-0.39, 0.29) is 12.2 Å². The molecule has 1 atom stereocenters. The molecule has 11 heteroatoms. The van der Waals surface area contributed by atoms with Crippen LogP contribution in [-0.2, 0) is 16.1 Å². The van der Waals surface area contributed by atoms with Gasteiger partial charge in [-0.25, -0.2) is 9.79 Å². The fourth-order valence-corrected chi connectivity index (χ4v) is 7.31. The number of esters is 1. The van der Waals surface area contributed by atoms with Crippen LogP contribution < -0.4 is 29.1 Å². The third-order valence-electron chi connectivity index (χ3n) is 6.78. The second kappa shape index (κ2) is 13.3. The first-order valence-corrected chi connectivity index (χ1v) is 15.7. The number of carbonyl (C=O) groups is 1. The summed E-state index contributed by atoms with van der Waals surface area (Å²) in [5.41, 5.74) is 2.98. The van der Waals surface area contributed by atoms with E-state index >= 15 is 0 Å². The van der Waals surface area contributed by atoms with E-state index in [1.807, 2.05) is 48.5 Å². The number of thiazole rings is 1. The fourth-order valence-electron chi connectivity index (χ4n) is 4.81. The van der Waals surface area contributed by atoms with Crippen molar-refractivity contribution in [1.82, 2.24) is 4.57 Å². The number of fused-ring (bicyclic) bond motifs is 1. The molecule has 1 aliphatic rings. The summed E-state index contributed by atoms with van der Waals surface area (Å²) in [6.45, 7) is 4.09. The van der Waals surface area contributed by atoms with Crippen molar-refractivity contribution in [2.45, 2.75) is 26.5 Å². The molecule has 3 aromatic carbocycles. The summed E-state index contributed by atoms with van der Waals surface area (Å²) >= 11 is 8.49. The minimum atomic E-state index is -0.774. The Morgan fingerprint density at radius 3 is 2.37 bits per heavy atom. The largest absolute Gasteiger partial charge is 0.493 e. The van der Waals surface area contributed by atoms with Crippen molar-refractivity contribution in [1.29, 1.82) is 0 Å². The van der Waals surface area contributed by atoms with Crippen molar-refractivity contribution in [2.24, 2.45) is 4.99 Å². The second-order valence-electron chi connectivity index (χ2n) is 9.50. The van der Waals surface area contributed by atoms with E-state index in [1.54, 1.807) is 43.7 Å². The van der Waals surface area contributed by atoms with Crippen LogP contribution in [0.25, 0.3) is 6.08 Å². The molecule has 222 valence electrons. The molecular formula is C32H28Br2N2O6S. The summed E-state index contributed by atoms with van der Waals surface area (Å²) in [5, 5.41) is 0. The van der Waals surface area contributed by atoms with Crippen LogP contribution in [-0.4, -0.2) is 31.4 Å². The van der Waals surface area contributed by atoms with Crippen molar-refractivity contribution in [3.8, 4) is 17.2 Å². The third kappa shape index (κ3) is 6.34. The van der Waals surface area contributed by atoms with Crippen LogP contribution in [0, 0.1) is 0 Å². The number of ether oxygens (including phenoxy) is 4. The van der Waals surface area contributed by atoms with Gasteiger partial charge in [-0.2, -0.15) is 0 Å². The highest BCUT2D eigenvalue weighted by Crippen LogP contribution is 2.37. The van der Waals surface area contributed by atoms with Gasteiger partial charge in [0.2, 0.25) is 0 Å². The maximum absolute atomic E-state index is 14.0. The summed E-state index contributed by atoms with van der Waals surface area (Å²) < 4.78 is 25.9. The van der Waals surface area contributed by atoms with E-state index in [9.17, 15) is 9.59 Å². The predicted octanol–water partition coefficient (Wildman–Crippen LogP) is 5.92. The lowest BCUT2D eigenvalue weighted by Gasteiger charge is -2.25. The molecule has 0 saturated carbocycles. The number of methoxy groups -OCH3 is 2. The number of nitrogens with zero attached hydrogens (tertiary/aromatic N) is 2. The first kappa shape index (κ1) is 30.8. The zero-order valence-electron chi connectivity index (χ0n) is 23.9. The van der Waals surface area contributed by atoms with Gasteiger partial charge in [-0.15, -0.1) is 0 Å². The van der Waals surface area contributed by atoms with Gasteiger partial charge in [-0.1, -0.05) is 47.7 Å². The minimum absolute atomic E-state index is 0.188. The zero-order valence-corrected chi connectivity index (χ0v) is 27.8. The Labute approximate surface area is 269 Å². The molecule has 0 spiro atoms. The summed E-state index contributed by atoms with van der Waals surface area (Å²) in [5.74, 6) is 1.14. The van der Waals surface area contributed by atoms with Crippen LogP contribution in [0.1, 0.15) is 36.6 Å². The van der Waals surface area contributed by atoms with Gasteiger partial charge >= 0.3 is 5.97 Å². The van der Waals surface area contributed by atoms with Crippen molar-refractivity contribution in [3.05, 3.63) is 117 Å². The number of benzene rings is 3. The first-order chi connectivity index (χ1) is 20.7. The van der Waals surface area contributed by atoms with Crippen LogP contribution in [0.15, 0.2) is 90.7 Å². The Balaban J connectivity index is 1.59. The van der Waals surface area contributed by atoms with Crippen molar-refractivity contribution >= 4 is 55.2 Å². The van der Waals surface area contributed by atoms with E-state index < -0.39 is 12.0 Å². The van der Waals surface area contributed by atoms with E-state index in [2.05, 4.69) is 36.9 Å². The molecule has 8 nitrogen and oxygen atoms in total. The van der Waals surface area contributed by atoms with Gasteiger partial charge in [0.1, 0.15) is 12.4 Å². The van der Waals surface area contributed by atoms with E-state index in [0.717, 1.165) is 20.1 Å². The number of hydrogen-bond donors (Lipinski definition) is 0. The Morgan fingerprint density at radius 1 is 1.02 bits per heavy atom. The lowest BCUT2D eigenvalue weighted by atomic mass is 9.95. The highest BCUT2D eigenvalue weighted by atomic mass is 79.9. The van der Waals surface area contributed by atoms with E-state index in [1.165, 1.54) is 18.4 Å². The molecule has 0 amide bonds. The average molecular weight is 728 g/mol. The quantitative estimate of drug-likeness (QED) is 0.199. The number of hydrogen-bond acceptors (Lipinski definition) is 8. The summed E-state index contributed by atoms with van der Waals surface area (Å²) in [7, 11) is 3.09. The van der Waals surface area contributed by atoms with Crippen LogP contribution >= 0.6 is 43.2 Å². The molecule has 43 heavy (non-hydrogen) atoms. The van der Waals surface area contributed by atoms with Gasteiger partial charge < -0.3 is 18.9 Å². The molecule has 0 aliphatic carbocycles. The molecule has 0 radical (unpaired) electrons. The smallest absolute Gasteiger partial charge is 0.338 e. The molecule has 0 N–H and O–H groups in total. The maximum Gasteiger partial charge on any atom is 0.338 e. The molecule has 4 aromatic rings. The normalized spacial score (nSPS) is 14.7. The van der Waals surface area contributed by atoms with Gasteiger partial charge in [0, 0.05) is 0 Å². The molecule has 1 aromatic heterocycles. The minimum Gasteiger partial charge on any atom is -0.493 e. The molecule has 1 unspecified atom stereocenters. The third-order valence-corrected chi connectivity index (χ3v) is 8.95. The van der Waals surface area contributed by atoms with Gasteiger partial charge in [-0.05, 0) is 92.7 Å². The van der Waals surface area contributed by atoms with Crippen LogP contribution in [0.3, 0.4) is 0 Å². The first-order valence-electron chi connectivity index (χ1n) is 13.3. The molecule has 0 fully saturated rings. The molecular weight excluding hydrogens is 700 g/mol. The highest BCUT2D eigenvalue weighted by Gasteiger charge is 2.34. The van der Waals surface area contributed by atoms with Gasteiger partial charge in [-0.3, -0.25) is 9.36 Å². The summed E-state index contributed by atoms with van der Waals surface area (Å²) in [4.78, 5) is 32.3. The number of halogens is 2. The zero-order chi connectivity index (χ0) is 30.7. The molecule has 5 rings (SSSR count). The SMILES string of the molecule is CCOC(=O)C1=C(C)N=c2sc(=Cc3cc(Br)c(OCc4ccccc4)c(Br)c3)c(=O)n2C1c1ccc(OC)c(OC)c1. The molecule has 1 aliphatic heterocycles. The topological polar surface area (TPSA) is 88.4 Å². The van der Waals surface area contributed by atoms with Gasteiger partial charge in [0.25, 0.3) is 5.56 Å². The lowest BCUT2D eigenvalue weighted by molar-refractivity contribution is -0.139. The molecule has 0 bridgehead atoms. The van der Waals surface area contributed by atoms with E-state index in [0.29, 0.717) is 50.0 Å². The molecule has 0 saturated heterocycles. The maximum atomic E-state index is 14.0. The Bertz CT molecular complexity index is 1880. The van der Waals surface area contributed by atoms with Crippen molar-refractivity contribution in [3.63, 3.8) is 0 Å². The van der Waals surface area contributed by atoms with Crippen LogP contribution in [0.4, 0.5) is 0 Å². The Morgan fingerprint density at radius 2 is 1.72 bits per heavy atom. The highest BCUT2D eigenvalue weighted by molar-refractivity contribution is 9.11. The summed E-state index contributed by atoms with van der Waals surface area (Å²) in [6, 6.07) is 18.2. The number of aromatic nitrogens is 1. The van der Waals surface area contributed by atoms with Crippen LogP contribution in [0.2, 0.25) is 0 Å².